The van der Waals surface area contributed by atoms with E-state index in [1.54, 1.807) is 0 Å². The Morgan fingerprint density at radius 1 is 1.42 bits per heavy atom. The molecule has 102 valence electrons. The maximum absolute atomic E-state index is 13.7. The summed E-state index contributed by atoms with van der Waals surface area (Å²) >= 11 is 0. The zero-order valence-corrected chi connectivity index (χ0v) is 11.0. The Balaban J connectivity index is 2.12. The average Bonchev–Trinajstić information content (AvgIpc) is 3.12. The van der Waals surface area contributed by atoms with Gasteiger partial charge in [-0.05, 0) is 37.0 Å². The lowest BCUT2D eigenvalue weighted by Crippen LogP contribution is -2.18. The Bertz CT molecular complexity index is 627. The van der Waals surface area contributed by atoms with Crippen molar-refractivity contribution in [2.75, 3.05) is 17.1 Å². The number of nitrogens with one attached hydrogen (secondary N) is 1. The fourth-order valence-electron chi connectivity index (χ4n) is 1.62. The summed E-state index contributed by atoms with van der Waals surface area (Å²) in [7, 11) is -3.49. The van der Waals surface area contributed by atoms with Crippen LogP contribution in [0.5, 0.6) is 0 Å². The molecule has 0 unspecified atom stereocenters. The van der Waals surface area contributed by atoms with Crippen LogP contribution in [0.15, 0.2) is 18.2 Å². The summed E-state index contributed by atoms with van der Waals surface area (Å²) in [5.41, 5.74) is 0.312. The van der Waals surface area contributed by atoms with Gasteiger partial charge in [-0.25, -0.2) is 12.8 Å². The molecule has 19 heavy (non-hydrogen) atoms. The van der Waals surface area contributed by atoms with Crippen LogP contribution in [0.1, 0.15) is 18.4 Å². The lowest BCUT2D eigenvalue weighted by atomic mass is 10.2. The molecular formula is C13H14FNO3S. The van der Waals surface area contributed by atoms with Crippen LogP contribution in [-0.4, -0.2) is 25.9 Å². The van der Waals surface area contributed by atoms with Crippen LogP contribution in [-0.2, 0) is 10.0 Å². The maximum atomic E-state index is 13.7. The van der Waals surface area contributed by atoms with Crippen LogP contribution >= 0.6 is 0 Å². The normalized spacial score (nSPS) is 14.6. The van der Waals surface area contributed by atoms with Crippen molar-refractivity contribution in [2.45, 2.75) is 12.8 Å². The van der Waals surface area contributed by atoms with E-state index in [2.05, 4.69) is 16.6 Å². The predicted octanol–water partition coefficient (Wildman–Crippen LogP) is 1.32. The third-order valence-corrected chi connectivity index (χ3v) is 4.14. The van der Waals surface area contributed by atoms with Crippen molar-refractivity contribution in [3.8, 4) is 11.8 Å². The first kappa shape index (κ1) is 13.8. The van der Waals surface area contributed by atoms with Gasteiger partial charge in [-0.1, -0.05) is 11.8 Å². The molecule has 1 aromatic rings. The largest absolute Gasteiger partial charge is 0.384 e. The van der Waals surface area contributed by atoms with Gasteiger partial charge in [0.25, 0.3) is 0 Å². The predicted molar refractivity (Wildman–Crippen MR) is 70.5 cm³/mol. The zero-order chi connectivity index (χ0) is 13.9. The van der Waals surface area contributed by atoms with Gasteiger partial charge in [0.1, 0.15) is 12.4 Å². The van der Waals surface area contributed by atoms with Crippen molar-refractivity contribution in [2.24, 2.45) is 5.92 Å². The van der Waals surface area contributed by atoms with Crippen molar-refractivity contribution in [3.63, 3.8) is 0 Å². The summed E-state index contributed by atoms with van der Waals surface area (Å²) in [6.07, 6.45) is 1.83. The van der Waals surface area contributed by atoms with Crippen molar-refractivity contribution < 1.29 is 17.9 Å². The molecule has 2 N–H and O–H groups in total. The van der Waals surface area contributed by atoms with Gasteiger partial charge < -0.3 is 5.11 Å². The lowest BCUT2D eigenvalue weighted by Gasteiger charge is -2.08. The summed E-state index contributed by atoms with van der Waals surface area (Å²) in [4.78, 5) is 0. The minimum atomic E-state index is -3.49. The summed E-state index contributed by atoms with van der Waals surface area (Å²) in [5, 5.41) is 8.54. The average molecular weight is 283 g/mol. The Labute approximate surface area is 111 Å². The van der Waals surface area contributed by atoms with Crippen LogP contribution in [0.4, 0.5) is 10.1 Å². The molecule has 0 radical (unpaired) electrons. The van der Waals surface area contributed by atoms with E-state index < -0.39 is 15.8 Å². The minimum absolute atomic E-state index is 0.0402. The molecule has 1 saturated carbocycles. The summed E-state index contributed by atoms with van der Waals surface area (Å²) in [5.74, 6) is 4.51. The number of halogens is 1. The molecule has 0 spiro atoms. The fourth-order valence-corrected chi connectivity index (χ4v) is 3.16. The van der Waals surface area contributed by atoms with Gasteiger partial charge in [-0.15, -0.1) is 0 Å². The Morgan fingerprint density at radius 2 is 2.16 bits per heavy atom. The van der Waals surface area contributed by atoms with Crippen LogP contribution < -0.4 is 4.72 Å². The van der Waals surface area contributed by atoms with Gasteiger partial charge in [0.05, 0.1) is 11.4 Å². The van der Waals surface area contributed by atoms with Crippen molar-refractivity contribution in [3.05, 3.63) is 29.6 Å². The van der Waals surface area contributed by atoms with E-state index in [1.807, 2.05) is 0 Å². The highest BCUT2D eigenvalue weighted by Gasteiger charge is 2.28. The molecule has 0 amide bonds. The molecule has 0 aliphatic heterocycles. The van der Waals surface area contributed by atoms with Crippen molar-refractivity contribution >= 4 is 15.7 Å². The third kappa shape index (κ3) is 4.23. The molecule has 1 aromatic carbocycles. The Hall–Kier alpha value is -1.58. The Kier molecular flexibility index (Phi) is 4.08. The molecule has 0 atom stereocenters. The van der Waals surface area contributed by atoms with Gasteiger partial charge >= 0.3 is 0 Å². The van der Waals surface area contributed by atoms with E-state index in [1.165, 1.54) is 12.1 Å². The standard InChI is InChI=1S/C13H14FNO3S/c14-12-8-10(2-1-7-16)5-6-13(12)15-19(17,18)9-11-3-4-11/h5-6,8,11,15-16H,3-4,7,9H2. The molecule has 0 saturated heterocycles. The summed E-state index contributed by atoms with van der Waals surface area (Å²) in [6, 6.07) is 3.97. The number of anilines is 1. The van der Waals surface area contributed by atoms with Crippen LogP contribution in [0.2, 0.25) is 0 Å². The summed E-state index contributed by atoms with van der Waals surface area (Å²) < 4.78 is 39.4. The van der Waals surface area contributed by atoms with Gasteiger partial charge in [-0.3, -0.25) is 4.72 Å². The number of hydrogen-bond donors (Lipinski definition) is 2. The minimum Gasteiger partial charge on any atom is -0.384 e. The van der Waals surface area contributed by atoms with E-state index in [-0.39, 0.29) is 24.0 Å². The van der Waals surface area contributed by atoms with E-state index >= 15 is 0 Å². The van der Waals surface area contributed by atoms with Gasteiger partial charge in [0.2, 0.25) is 10.0 Å². The number of aliphatic hydroxyl groups is 1. The molecule has 4 nitrogen and oxygen atoms in total. The van der Waals surface area contributed by atoms with Crippen LogP contribution in [0.25, 0.3) is 0 Å². The van der Waals surface area contributed by atoms with E-state index in [0.29, 0.717) is 5.56 Å². The second kappa shape index (κ2) is 5.59. The molecule has 2 rings (SSSR count). The SMILES string of the molecule is O=S(=O)(CC1CC1)Nc1ccc(C#CCO)cc1F. The van der Waals surface area contributed by atoms with Crippen LogP contribution in [0.3, 0.4) is 0 Å². The van der Waals surface area contributed by atoms with E-state index in [4.69, 9.17) is 5.11 Å². The number of benzene rings is 1. The molecule has 0 heterocycles. The molecule has 1 fully saturated rings. The molecule has 1 aliphatic rings. The third-order valence-electron chi connectivity index (χ3n) is 2.70. The fraction of sp³-hybridized carbons (Fsp3) is 0.385. The maximum Gasteiger partial charge on any atom is 0.233 e. The monoisotopic (exact) mass is 283 g/mol. The quantitative estimate of drug-likeness (QED) is 0.819. The van der Waals surface area contributed by atoms with Gasteiger partial charge in [0, 0.05) is 5.56 Å². The smallest absolute Gasteiger partial charge is 0.233 e. The second-order valence-corrected chi connectivity index (χ2v) is 6.25. The molecular weight excluding hydrogens is 269 g/mol. The highest BCUT2D eigenvalue weighted by Crippen LogP contribution is 2.31. The highest BCUT2D eigenvalue weighted by molar-refractivity contribution is 7.92. The zero-order valence-electron chi connectivity index (χ0n) is 10.2. The molecule has 0 bridgehead atoms. The number of aliphatic hydroxyl groups excluding tert-OH is 1. The van der Waals surface area contributed by atoms with E-state index in [0.717, 1.165) is 18.9 Å². The first-order valence-electron chi connectivity index (χ1n) is 5.90. The van der Waals surface area contributed by atoms with Gasteiger partial charge in [0.15, 0.2) is 0 Å². The lowest BCUT2D eigenvalue weighted by molar-refractivity contribution is 0.350. The summed E-state index contributed by atoms with van der Waals surface area (Å²) in [6.45, 7) is -0.308. The topological polar surface area (TPSA) is 66.4 Å². The molecule has 1 aliphatic carbocycles. The number of hydrogen-bond acceptors (Lipinski definition) is 3. The molecule has 0 aromatic heterocycles. The highest BCUT2D eigenvalue weighted by atomic mass is 32.2. The Morgan fingerprint density at radius 3 is 2.74 bits per heavy atom. The van der Waals surface area contributed by atoms with Crippen LogP contribution in [0, 0.1) is 23.6 Å². The van der Waals surface area contributed by atoms with E-state index in [9.17, 15) is 12.8 Å². The molecule has 6 heteroatoms. The first-order valence-corrected chi connectivity index (χ1v) is 7.55. The number of sulfonamides is 1. The second-order valence-electron chi connectivity index (χ2n) is 4.48. The number of rotatable bonds is 4. The van der Waals surface area contributed by atoms with Gasteiger partial charge in [-0.2, -0.15) is 0 Å². The van der Waals surface area contributed by atoms with Crippen molar-refractivity contribution in [1.82, 2.24) is 0 Å². The first-order chi connectivity index (χ1) is 9.00. The van der Waals surface area contributed by atoms with Crippen molar-refractivity contribution in [1.29, 1.82) is 0 Å².